The molecule has 0 fully saturated rings. The van der Waals surface area contributed by atoms with E-state index in [9.17, 15) is 8.42 Å². The number of nitrogens with zero attached hydrogens (tertiary/aromatic N) is 2. The van der Waals surface area contributed by atoms with Crippen molar-refractivity contribution in [2.24, 2.45) is 0 Å². The minimum atomic E-state index is -4.18. The van der Waals surface area contributed by atoms with Gasteiger partial charge >= 0.3 is 0 Å². The standard InChI is InChI=1S/C14H11N3O3S/c18-21(19,20)11-6-4-10(5-7-11)17-13-3-1-2-12-14(13)16-9-8-15-12/h1-9,17H,(H,18,19,20). The van der Waals surface area contributed by atoms with E-state index in [-0.39, 0.29) is 4.90 Å². The van der Waals surface area contributed by atoms with Crippen molar-refractivity contribution in [1.82, 2.24) is 9.97 Å². The van der Waals surface area contributed by atoms with Crippen LogP contribution in [-0.2, 0) is 10.1 Å². The monoisotopic (exact) mass is 301 g/mol. The van der Waals surface area contributed by atoms with Crippen LogP contribution in [0.25, 0.3) is 11.0 Å². The summed E-state index contributed by atoms with van der Waals surface area (Å²) in [7, 11) is -4.18. The van der Waals surface area contributed by atoms with Gasteiger partial charge in [0.25, 0.3) is 10.1 Å². The van der Waals surface area contributed by atoms with E-state index < -0.39 is 10.1 Å². The first-order chi connectivity index (χ1) is 10.0. The van der Waals surface area contributed by atoms with Crippen LogP contribution in [0.2, 0.25) is 0 Å². The van der Waals surface area contributed by atoms with Crippen LogP contribution in [0.15, 0.2) is 59.8 Å². The summed E-state index contributed by atoms with van der Waals surface area (Å²) in [6, 6.07) is 11.4. The molecule has 0 radical (unpaired) electrons. The summed E-state index contributed by atoms with van der Waals surface area (Å²) >= 11 is 0. The molecule has 2 aromatic carbocycles. The zero-order chi connectivity index (χ0) is 14.9. The maximum Gasteiger partial charge on any atom is 0.294 e. The Hall–Kier alpha value is -2.51. The number of rotatable bonds is 3. The van der Waals surface area contributed by atoms with Gasteiger partial charge in [0.05, 0.1) is 16.1 Å². The Morgan fingerprint density at radius 3 is 2.38 bits per heavy atom. The number of para-hydroxylation sites is 1. The summed E-state index contributed by atoms with van der Waals surface area (Å²) in [5.74, 6) is 0. The van der Waals surface area contributed by atoms with Crippen molar-refractivity contribution in [1.29, 1.82) is 0 Å². The van der Waals surface area contributed by atoms with Crippen molar-refractivity contribution in [2.75, 3.05) is 5.32 Å². The third kappa shape index (κ3) is 2.83. The molecule has 0 amide bonds. The normalized spacial score (nSPS) is 11.5. The topological polar surface area (TPSA) is 92.2 Å². The van der Waals surface area contributed by atoms with Crippen LogP contribution < -0.4 is 5.32 Å². The van der Waals surface area contributed by atoms with Gasteiger partial charge in [-0.15, -0.1) is 0 Å². The number of nitrogens with one attached hydrogen (secondary N) is 1. The van der Waals surface area contributed by atoms with Crippen LogP contribution in [0.4, 0.5) is 11.4 Å². The minimum absolute atomic E-state index is 0.147. The van der Waals surface area contributed by atoms with Gasteiger partial charge in [-0.1, -0.05) is 6.07 Å². The summed E-state index contributed by atoms with van der Waals surface area (Å²) in [5, 5.41) is 3.15. The van der Waals surface area contributed by atoms with Gasteiger partial charge in [0.2, 0.25) is 0 Å². The molecule has 0 atom stereocenters. The van der Waals surface area contributed by atoms with Crippen LogP contribution in [0.3, 0.4) is 0 Å². The van der Waals surface area contributed by atoms with Gasteiger partial charge in [-0.2, -0.15) is 8.42 Å². The molecule has 0 aliphatic heterocycles. The molecule has 0 bridgehead atoms. The second-order valence-electron chi connectivity index (χ2n) is 4.35. The molecule has 21 heavy (non-hydrogen) atoms. The molecule has 0 spiro atoms. The van der Waals surface area contributed by atoms with Crippen molar-refractivity contribution in [3.63, 3.8) is 0 Å². The highest BCUT2D eigenvalue weighted by Crippen LogP contribution is 2.24. The molecule has 2 N–H and O–H groups in total. The third-order valence-corrected chi connectivity index (χ3v) is 3.80. The fourth-order valence-corrected chi connectivity index (χ4v) is 2.44. The highest BCUT2D eigenvalue weighted by molar-refractivity contribution is 7.85. The Morgan fingerprint density at radius 2 is 1.67 bits per heavy atom. The molecule has 0 aliphatic rings. The lowest BCUT2D eigenvalue weighted by Crippen LogP contribution is -1.98. The lowest BCUT2D eigenvalue weighted by molar-refractivity contribution is 0.483. The lowest BCUT2D eigenvalue weighted by Gasteiger charge is -2.09. The second-order valence-corrected chi connectivity index (χ2v) is 5.78. The lowest BCUT2D eigenvalue weighted by atomic mass is 10.2. The van der Waals surface area contributed by atoms with E-state index in [0.29, 0.717) is 5.69 Å². The molecular weight excluding hydrogens is 290 g/mol. The smallest absolute Gasteiger partial charge is 0.294 e. The third-order valence-electron chi connectivity index (χ3n) is 2.93. The number of fused-ring (bicyclic) bond motifs is 1. The van der Waals surface area contributed by atoms with Crippen LogP contribution >= 0.6 is 0 Å². The largest absolute Gasteiger partial charge is 0.354 e. The SMILES string of the molecule is O=S(=O)(O)c1ccc(Nc2cccc3nccnc23)cc1. The highest BCUT2D eigenvalue weighted by atomic mass is 32.2. The number of aromatic nitrogens is 2. The fourth-order valence-electron chi connectivity index (χ4n) is 1.96. The van der Waals surface area contributed by atoms with Gasteiger partial charge in [0.15, 0.2) is 0 Å². The van der Waals surface area contributed by atoms with E-state index >= 15 is 0 Å². The fraction of sp³-hybridized carbons (Fsp3) is 0. The molecule has 0 saturated carbocycles. The Balaban J connectivity index is 1.96. The average Bonchev–Trinajstić information content (AvgIpc) is 2.47. The van der Waals surface area contributed by atoms with Crippen LogP contribution in [0, 0.1) is 0 Å². The summed E-state index contributed by atoms with van der Waals surface area (Å²) in [4.78, 5) is 8.34. The zero-order valence-corrected chi connectivity index (χ0v) is 11.6. The summed E-state index contributed by atoms with van der Waals surface area (Å²) in [6.07, 6.45) is 3.22. The first kappa shape index (κ1) is 13.5. The van der Waals surface area contributed by atoms with Gasteiger partial charge in [-0.05, 0) is 36.4 Å². The highest BCUT2D eigenvalue weighted by Gasteiger charge is 2.09. The Kier molecular flexibility index (Phi) is 3.28. The van der Waals surface area contributed by atoms with E-state index in [1.54, 1.807) is 24.5 Å². The van der Waals surface area contributed by atoms with Gasteiger partial charge in [0.1, 0.15) is 5.52 Å². The van der Waals surface area contributed by atoms with Crippen LogP contribution in [0.1, 0.15) is 0 Å². The van der Waals surface area contributed by atoms with Crippen molar-refractivity contribution in [3.05, 3.63) is 54.9 Å². The Morgan fingerprint density at radius 1 is 0.952 bits per heavy atom. The van der Waals surface area contributed by atoms with Crippen LogP contribution in [-0.4, -0.2) is 22.9 Å². The maximum atomic E-state index is 11.0. The maximum absolute atomic E-state index is 11.0. The molecular formula is C14H11N3O3S. The second kappa shape index (κ2) is 5.12. The Labute approximate surface area is 121 Å². The van der Waals surface area contributed by atoms with Gasteiger partial charge < -0.3 is 5.32 Å². The van der Waals surface area contributed by atoms with E-state index in [4.69, 9.17) is 4.55 Å². The molecule has 6 nitrogen and oxygen atoms in total. The van der Waals surface area contributed by atoms with Crippen molar-refractivity contribution in [3.8, 4) is 0 Å². The predicted octanol–water partition coefficient (Wildman–Crippen LogP) is 2.62. The number of benzene rings is 2. The average molecular weight is 301 g/mol. The van der Waals surface area contributed by atoms with E-state index in [1.165, 1.54) is 12.1 Å². The van der Waals surface area contributed by atoms with E-state index in [1.807, 2.05) is 18.2 Å². The molecule has 106 valence electrons. The zero-order valence-electron chi connectivity index (χ0n) is 10.8. The molecule has 3 rings (SSSR count). The first-order valence-electron chi connectivity index (χ1n) is 6.08. The van der Waals surface area contributed by atoms with E-state index in [2.05, 4.69) is 15.3 Å². The van der Waals surface area contributed by atoms with Crippen LogP contribution in [0.5, 0.6) is 0 Å². The van der Waals surface area contributed by atoms with E-state index in [0.717, 1.165) is 16.7 Å². The predicted molar refractivity (Wildman–Crippen MR) is 79.1 cm³/mol. The number of hydrogen-bond donors (Lipinski definition) is 2. The minimum Gasteiger partial charge on any atom is -0.354 e. The van der Waals surface area contributed by atoms with Crippen molar-refractivity contribution >= 4 is 32.5 Å². The van der Waals surface area contributed by atoms with Gasteiger partial charge in [-0.3, -0.25) is 14.5 Å². The molecule has 1 aromatic heterocycles. The van der Waals surface area contributed by atoms with Crippen molar-refractivity contribution in [2.45, 2.75) is 4.90 Å². The quantitative estimate of drug-likeness (QED) is 0.722. The molecule has 3 aromatic rings. The summed E-state index contributed by atoms with van der Waals surface area (Å²) < 4.78 is 30.9. The molecule has 0 saturated heterocycles. The Bertz CT molecular complexity index is 887. The summed E-state index contributed by atoms with van der Waals surface area (Å²) in [5.41, 5.74) is 2.93. The number of anilines is 2. The van der Waals surface area contributed by atoms with Crippen molar-refractivity contribution < 1.29 is 13.0 Å². The summed E-state index contributed by atoms with van der Waals surface area (Å²) in [6.45, 7) is 0. The molecule has 0 aliphatic carbocycles. The molecule has 0 unspecified atom stereocenters. The molecule has 1 heterocycles. The van der Waals surface area contributed by atoms with Gasteiger partial charge in [-0.25, -0.2) is 0 Å². The van der Waals surface area contributed by atoms with Gasteiger partial charge in [0, 0.05) is 18.1 Å². The number of hydrogen-bond acceptors (Lipinski definition) is 5. The molecule has 7 heteroatoms. The first-order valence-corrected chi connectivity index (χ1v) is 7.52.